The summed E-state index contributed by atoms with van der Waals surface area (Å²) in [6.07, 6.45) is 2.26. The van der Waals surface area contributed by atoms with Crippen LogP contribution in [0, 0.1) is 5.92 Å². The summed E-state index contributed by atoms with van der Waals surface area (Å²) in [5.41, 5.74) is 1.44. The van der Waals surface area contributed by atoms with Gasteiger partial charge in [0, 0.05) is 50.8 Å². The van der Waals surface area contributed by atoms with Gasteiger partial charge in [-0.15, -0.1) is 5.10 Å². The number of nitrogens with zero attached hydrogens (tertiary/aromatic N) is 5. The van der Waals surface area contributed by atoms with Gasteiger partial charge in [0.15, 0.2) is 0 Å². The SMILES string of the molecule is COc1cccc(NC(=O)N(C)C[C@@H]2OCc3cnnn3CCCC(=O)N([C@@H](C)CO)C[C@H]2C)c1. The highest BCUT2D eigenvalue weighted by Gasteiger charge is 2.29. The molecule has 35 heavy (non-hydrogen) atoms. The second-order valence-electron chi connectivity index (χ2n) is 9.00. The van der Waals surface area contributed by atoms with Crippen LogP contribution in [0.4, 0.5) is 10.5 Å². The number of fused-ring (bicyclic) bond motifs is 1. The standard InChI is InChI=1S/C24H36N6O5/c1-17-13-29(18(2)15-31)23(32)9-6-10-30-20(12-25-27-30)16-35-22(17)14-28(3)24(33)26-19-7-5-8-21(11-19)34-4/h5,7-8,11-12,17-18,22,31H,6,9-10,13-16H2,1-4H3,(H,26,33)/t17-,18+,22+/m1/s1. The lowest BCUT2D eigenvalue weighted by atomic mass is 10.0. The molecule has 11 nitrogen and oxygen atoms in total. The predicted octanol–water partition coefficient (Wildman–Crippen LogP) is 1.98. The lowest BCUT2D eigenvalue weighted by Crippen LogP contribution is -2.48. The first-order valence-electron chi connectivity index (χ1n) is 11.9. The second kappa shape index (κ2) is 12.5. The number of methoxy groups -OCH3 is 1. The van der Waals surface area contributed by atoms with E-state index in [4.69, 9.17) is 9.47 Å². The van der Waals surface area contributed by atoms with E-state index in [2.05, 4.69) is 15.6 Å². The van der Waals surface area contributed by atoms with Gasteiger partial charge in [-0.3, -0.25) is 4.79 Å². The van der Waals surface area contributed by atoms with Crippen LogP contribution in [0.2, 0.25) is 0 Å². The Hall–Kier alpha value is -3.18. The molecule has 0 unspecified atom stereocenters. The zero-order chi connectivity index (χ0) is 25.4. The van der Waals surface area contributed by atoms with Gasteiger partial charge < -0.3 is 29.7 Å². The van der Waals surface area contributed by atoms with E-state index in [1.807, 2.05) is 13.8 Å². The van der Waals surface area contributed by atoms with Crippen LogP contribution >= 0.6 is 0 Å². The maximum atomic E-state index is 13.0. The van der Waals surface area contributed by atoms with E-state index in [1.165, 1.54) is 0 Å². The Labute approximate surface area is 206 Å². The van der Waals surface area contributed by atoms with Gasteiger partial charge in [-0.2, -0.15) is 0 Å². The van der Waals surface area contributed by atoms with Gasteiger partial charge in [0.25, 0.3) is 0 Å². The molecule has 2 aromatic rings. The number of aliphatic hydroxyl groups is 1. The molecule has 3 amide bonds. The van der Waals surface area contributed by atoms with Gasteiger partial charge in [-0.05, 0) is 25.5 Å². The molecule has 11 heteroatoms. The molecular weight excluding hydrogens is 452 g/mol. The quantitative estimate of drug-likeness (QED) is 0.637. The number of aryl methyl sites for hydroxylation is 1. The maximum Gasteiger partial charge on any atom is 0.321 e. The highest BCUT2D eigenvalue weighted by Crippen LogP contribution is 2.20. The number of hydrogen-bond donors (Lipinski definition) is 2. The first-order chi connectivity index (χ1) is 16.8. The summed E-state index contributed by atoms with van der Waals surface area (Å²) in [6, 6.07) is 6.54. The summed E-state index contributed by atoms with van der Waals surface area (Å²) >= 11 is 0. The van der Waals surface area contributed by atoms with E-state index in [0.717, 1.165) is 5.69 Å². The van der Waals surface area contributed by atoms with Crippen LogP contribution in [0.15, 0.2) is 30.5 Å². The van der Waals surface area contributed by atoms with Crippen molar-refractivity contribution >= 4 is 17.6 Å². The summed E-state index contributed by atoms with van der Waals surface area (Å²) in [7, 11) is 3.27. The summed E-state index contributed by atoms with van der Waals surface area (Å²) in [4.78, 5) is 29.1. The van der Waals surface area contributed by atoms with E-state index in [0.29, 0.717) is 43.9 Å². The van der Waals surface area contributed by atoms with Crippen molar-refractivity contribution in [2.45, 2.75) is 52.0 Å². The first-order valence-corrected chi connectivity index (χ1v) is 11.9. The summed E-state index contributed by atoms with van der Waals surface area (Å²) in [6.45, 7) is 5.24. The Morgan fingerprint density at radius 3 is 2.97 bits per heavy atom. The minimum Gasteiger partial charge on any atom is -0.497 e. The number of aromatic nitrogens is 3. The lowest BCUT2D eigenvalue weighted by Gasteiger charge is -2.35. The fourth-order valence-electron chi connectivity index (χ4n) is 4.02. The monoisotopic (exact) mass is 488 g/mol. The van der Waals surface area contributed by atoms with Gasteiger partial charge in [0.1, 0.15) is 5.75 Å². The number of amides is 3. The fraction of sp³-hybridized carbons (Fsp3) is 0.583. The zero-order valence-electron chi connectivity index (χ0n) is 20.9. The third-order valence-corrected chi connectivity index (χ3v) is 6.26. The Morgan fingerprint density at radius 1 is 1.43 bits per heavy atom. The summed E-state index contributed by atoms with van der Waals surface area (Å²) < 4.78 is 13.2. The van der Waals surface area contributed by atoms with Crippen molar-refractivity contribution in [3.05, 3.63) is 36.2 Å². The first kappa shape index (κ1) is 26.4. The average Bonchev–Trinajstić information content (AvgIpc) is 3.30. The van der Waals surface area contributed by atoms with Crippen LogP contribution in [0.25, 0.3) is 0 Å². The molecule has 0 fully saturated rings. The fourth-order valence-corrected chi connectivity index (χ4v) is 4.02. The molecule has 2 N–H and O–H groups in total. The van der Waals surface area contributed by atoms with E-state index in [-0.39, 0.29) is 43.2 Å². The maximum absolute atomic E-state index is 13.0. The van der Waals surface area contributed by atoms with Crippen molar-refractivity contribution in [3.8, 4) is 5.75 Å². The number of aliphatic hydroxyl groups excluding tert-OH is 1. The van der Waals surface area contributed by atoms with E-state index < -0.39 is 0 Å². The minimum absolute atomic E-state index is 0.0245. The molecule has 0 bridgehead atoms. The second-order valence-corrected chi connectivity index (χ2v) is 9.00. The third-order valence-electron chi connectivity index (χ3n) is 6.26. The molecule has 0 aliphatic carbocycles. The van der Waals surface area contributed by atoms with Gasteiger partial charge in [0.2, 0.25) is 5.91 Å². The molecule has 2 heterocycles. The Kier molecular flexibility index (Phi) is 9.44. The molecule has 0 saturated heterocycles. The summed E-state index contributed by atoms with van der Waals surface area (Å²) in [5, 5.41) is 20.7. The summed E-state index contributed by atoms with van der Waals surface area (Å²) in [5.74, 6) is 0.516. The van der Waals surface area contributed by atoms with E-state index >= 15 is 0 Å². The highest BCUT2D eigenvalue weighted by atomic mass is 16.5. The molecule has 0 radical (unpaired) electrons. The number of carbonyl (C=O) groups is 2. The molecule has 1 aromatic heterocycles. The van der Waals surface area contributed by atoms with Gasteiger partial charge >= 0.3 is 6.03 Å². The smallest absolute Gasteiger partial charge is 0.321 e. The number of anilines is 1. The number of hydrogen-bond acceptors (Lipinski definition) is 7. The highest BCUT2D eigenvalue weighted by molar-refractivity contribution is 5.89. The normalized spacial score (nSPS) is 20.3. The molecule has 3 rings (SSSR count). The van der Waals surface area contributed by atoms with Crippen LogP contribution in [0.3, 0.4) is 0 Å². The molecule has 0 spiro atoms. The van der Waals surface area contributed by atoms with Crippen molar-refractivity contribution in [1.29, 1.82) is 0 Å². The van der Waals surface area contributed by atoms with E-state index in [9.17, 15) is 14.7 Å². The van der Waals surface area contributed by atoms with Crippen LogP contribution < -0.4 is 10.1 Å². The number of urea groups is 1. The largest absolute Gasteiger partial charge is 0.497 e. The Bertz CT molecular complexity index is 983. The number of nitrogens with one attached hydrogen (secondary N) is 1. The molecule has 1 aliphatic heterocycles. The predicted molar refractivity (Wildman–Crippen MR) is 130 cm³/mol. The minimum atomic E-state index is -0.375. The average molecular weight is 489 g/mol. The molecule has 1 aromatic carbocycles. The topological polar surface area (TPSA) is 122 Å². The number of rotatable bonds is 6. The molecule has 3 atom stereocenters. The lowest BCUT2D eigenvalue weighted by molar-refractivity contribution is -0.136. The van der Waals surface area contributed by atoms with Crippen LogP contribution in [-0.2, 0) is 22.7 Å². The van der Waals surface area contributed by atoms with Crippen LogP contribution in [0.1, 0.15) is 32.4 Å². The van der Waals surface area contributed by atoms with Gasteiger partial charge in [0.05, 0.1) is 44.4 Å². The van der Waals surface area contributed by atoms with Gasteiger partial charge in [-0.25, -0.2) is 9.48 Å². The van der Waals surface area contributed by atoms with Crippen molar-refractivity contribution in [1.82, 2.24) is 24.8 Å². The Balaban J connectivity index is 1.76. The van der Waals surface area contributed by atoms with Crippen molar-refractivity contribution in [2.24, 2.45) is 5.92 Å². The molecule has 192 valence electrons. The zero-order valence-corrected chi connectivity index (χ0v) is 20.9. The molecular formula is C24H36N6O5. The molecule has 1 aliphatic rings. The number of ether oxygens (including phenoxy) is 2. The number of benzene rings is 1. The van der Waals surface area contributed by atoms with Crippen LogP contribution in [0.5, 0.6) is 5.75 Å². The number of likely N-dealkylation sites (N-methyl/N-ethyl adjacent to an activating group) is 1. The van der Waals surface area contributed by atoms with Crippen molar-refractivity contribution in [2.75, 3.05) is 39.2 Å². The van der Waals surface area contributed by atoms with Crippen molar-refractivity contribution in [3.63, 3.8) is 0 Å². The van der Waals surface area contributed by atoms with Crippen LogP contribution in [-0.4, -0.2) is 87.8 Å². The van der Waals surface area contributed by atoms with Crippen molar-refractivity contribution < 1.29 is 24.2 Å². The third kappa shape index (κ3) is 7.15. The van der Waals surface area contributed by atoms with E-state index in [1.54, 1.807) is 59.1 Å². The Morgan fingerprint density at radius 2 is 2.23 bits per heavy atom. The molecule has 0 saturated carbocycles. The number of carbonyl (C=O) groups excluding carboxylic acids is 2. The van der Waals surface area contributed by atoms with Gasteiger partial charge in [-0.1, -0.05) is 18.2 Å².